The Labute approximate surface area is 119 Å². The monoisotopic (exact) mass is 297 g/mol. The van der Waals surface area contributed by atoms with Crippen molar-refractivity contribution < 1.29 is 13.2 Å². The van der Waals surface area contributed by atoms with Gasteiger partial charge in [0.1, 0.15) is 11.5 Å². The molecule has 0 atom stereocenters. The number of pyridine rings is 1. The summed E-state index contributed by atoms with van der Waals surface area (Å²) in [6.45, 7) is 2.73. The molecule has 0 radical (unpaired) electrons. The lowest BCUT2D eigenvalue weighted by molar-refractivity contribution is -0.141. The first-order chi connectivity index (χ1) is 9.95. The zero-order valence-corrected chi connectivity index (χ0v) is 11.3. The van der Waals surface area contributed by atoms with E-state index in [1.165, 1.54) is 0 Å². The van der Waals surface area contributed by atoms with Crippen LogP contribution in [-0.4, -0.2) is 28.0 Å². The molecule has 5 nitrogen and oxygen atoms in total. The van der Waals surface area contributed by atoms with Crippen molar-refractivity contribution in [2.75, 3.05) is 23.7 Å². The minimum absolute atomic E-state index is 0.0520. The highest BCUT2D eigenvalue weighted by molar-refractivity contribution is 5.35. The third-order valence-corrected chi connectivity index (χ3v) is 2.55. The van der Waals surface area contributed by atoms with Crippen molar-refractivity contribution in [1.29, 1.82) is 0 Å². The summed E-state index contributed by atoms with van der Waals surface area (Å²) in [6.07, 6.45) is -3.39. The molecule has 0 aliphatic heterocycles. The number of aromatic nitrogens is 3. The molecule has 0 saturated carbocycles. The van der Waals surface area contributed by atoms with Crippen LogP contribution in [0.5, 0.6) is 0 Å². The Morgan fingerprint density at radius 1 is 1.05 bits per heavy atom. The summed E-state index contributed by atoms with van der Waals surface area (Å²) in [5.74, 6) is 0.658. The molecule has 112 valence electrons. The van der Waals surface area contributed by atoms with Crippen LogP contribution >= 0.6 is 0 Å². The molecule has 0 amide bonds. The standard InChI is InChI=1S/C13H14F3N5/c1-9-3-2-4-11(20-9)17-7-8-19-12-18-6-5-10(21-12)13(14,15)16/h2-6H,7-8H2,1H3,(H,17,20)(H,18,19,21). The molecule has 0 aromatic carbocycles. The van der Waals surface area contributed by atoms with Gasteiger partial charge in [0.05, 0.1) is 0 Å². The van der Waals surface area contributed by atoms with Crippen LogP contribution in [0.1, 0.15) is 11.4 Å². The average molecular weight is 297 g/mol. The lowest BCUT2D eigenvalue weighted by atomic mass is 10.4. The molecule has 21 heavy (non-hydrogen) atoms. The normalized spacial score (nSPS) is 11.2. The number of nitrogens with one attached hydrogen (secondary N) is 2. The molecule has 8 heteroatoms. The topological polar surface area (TPSA) is 62.7 Å². The van der Waals surface area contributed by atoms with Gasteiger partial charge in [-0.15, -0.1) is 0 Å². The van der Waals surface area contributed by atoms with Gasteiger partial charge in [0, 0.05) is 25.0 Å². The highest BCUT2D eigenvalue weighted by Crippen LogP contribution is 2.27. The van der Waals surface area contributed by atoms with E-state index in [4.69, 9.17) is 0 Å². The van der Waals surface area contributed by atoms with Gasteiger partial charge in [-0.3, -0.25) is 0 Å². The second-order valence-corrected chi connectivity index (χ2v) is 4.28. The van der Waals surface area contributed by atoms with Crippen LogP contribution in [0.25, 0.3) is 0 Å². The number of aryl methyl sites for hydroxylation is 1. The van der Waals surface area contributed by atoms with Gasteiger partial charge < -0.3 is 10.6 Å². The van der Waals surface area contributed by atoms with Crippen molar-refractivity contribution in [3.63, 3.8) is 0 Å². The van der Waals surface area contributed by atoms with Crippen molar-refractivity contribution in [3.05, 3.63) is 41.9 Å². The fourth-order valence-corrected chi connectivity index (χ4v) is 1.61. The average Bonchev–Trinajstić information content (AvgIpc) is 2.43. The number of nitrogens with zero attached hydrogens (tertiary/aromatic N) is 3. The summed E-state index contributed by atoms with van der Waals surface area (Å²) in [4.78, 5) is 11.4. The molecular weight excluding hydrogens is 283 g/mol. The third-order valence-electron chi connectivity index (χ3n) is 2.55. The fourth-order valence-electron chi connectivity index (χ4n) is 1.61. The number of alkyl halides is 3. The van der Waals surface area contributed by atoms with Gasteiger partial charge >= 0.3 is 6.18 Å². The lowest BCUT2D eigenvalue weighted by Gasteiger charge is -2.09. The molecular formula is C13H14F3N5. The minimum Gasteiger partial charge on any atom is -0.368 e. The molecule has 0 spiro atoms. The maximum Gasteiger partial charge on any atom is 0.433 e. The molecule has 0 aliphatic rings. The van der Waals surface area contributed by atoms with Crippen LogP contribution in [0.4, 0.5) is 24.9 Å². The van der Waals surface area contributed by atoms with Crippen LogP contribution in [0.2, 0.25) is 0 Å². The quantitative estimate of drug-likeness (QED) is 0.831. The Bertz CT molecular complexity index is 600. The van der Waals surface area contributed by atoms with E-state index < -0.39 is 11.9 Å². The van der Waals surface area contributed by atoms with E-state index in [1.54, 1.807) is 0 Å². The Hall–Kier alpha value is -2.38. The molecule has 2 heterocycles. The van der Waals surface area contributed by atoms with Crippen molar-refractivity contribution in [3.8, 4) is 0 Å². The zero-order valence-electron chi connectivity index (χ0n) is 11.3. The molecule has 0 aliphatic carbocycles. The number of hydrogen-bond acceptors (Lipinski definition) is 5. The molecule has 0 bridgehead atoms. The summed E-state index contributed by atoms with van der Waals surface area (Å²) in [5, 5.41) is 5.78. The van der Waals surface area contributed by atoms with Gasteiger partial charge in [-0.25, -0.2) is 15.0 Å². The van der Waals surface area contributed by atoms with Crippen LogP contribution in [0, 0.1) is 6.92 Å². The van der Waals surface area contributed by atoms with Crippen molar-refractivity contribution in [2.45, 2.75) is 13.1 Å². The van der Waals surface area contributed by atoms with Crippen LogP contribution in [0.3, 0.4) is 0 Å². The molecule has 0 unspecified atom stereocenters. The van der Waals surface area contributed by atoms with Crippen molar-refractivity contribution in [2.24, 2.45) is 0 Å². The Morgan fingerprint density at radius 3 is 2.52 bits per heavy atom. The highest BCUT2D eigenvalue weighted by atomic mass is 19.4. The summed E-state index contributed by atoms with van der Waals surface area (Å²) in [7, 11) is 0. The van der Waals surface area contributed by atoms with Crippen LogP contribution in [-0.2, 0) is 6.18 Å². The maximum atomic E-state index is 12.5. The Morgan fingerprint density at radius 2 is 1.81 bits per heavy atom. The van der Waals surface area contributed by atoms with Crippen LogP contribution < -0.4 is 10.6 Å². The summed E-state index contributed by atoms with van der Waals surface area (Å²) >= 11 is 0. The van der Waals surface area contributed by atoms with Gasteiger partial charge in [-0.1, -0.05) is 6.07 Å². The summed E-state index contributed by atoms with van der Waals surface area (Å²) in [6, 6.07) is 6.39. The predicted octanol–water partition coefficient (Wildman–Crippen LogP) is 2.72. The third kappa shape index (κ3) is 4.59. The molecule has 2 aromatic heterocycles. The molecule has 2 rings (SSSR count). The van der Waals surface area contributed by atoms with Gasteiger partial charge in [-0.05, 0) is 25.1 Å². The van der Waals surface area contributed by atoms with E-state index in [9.17, 15) is 13.2 Å². The molecule has 0 fully saturated rings. The smallest absolute Gasteiger partial charge is 0.368 e. The first-order valence-corrected chi connectivity index (χ1v) is 6.27. The second-order valence-electron chi connectivity index (χ2n) is 4.28. The Kier molecular flexibility index (Phi) is 4.56. The summed E-state index contributed by atoms with van der Waals surface area (Å²) in [5.41, 5.74) is -0.0810. The van der Waals surface area contributed by atoms with Gasteiger partial charge in [-0.2, -0.15) is 13.2 Å². The molecule has 0 saturated heterocycles. The van der Waals surface area contributed by atoms with E-state index in [2.05, 4.69) is 25.6 Å². The van der Waals surface area contributed by atoms with E-state index in [0.717, 1.165) is 18.0 Å². The number of hydrogen-bond donors (Lipinski definition) is 2. The van der Waals surface area contributed by atoms with Crippen molar-refractivity contribution in [1.82, 2.24) is 15.0 Å². The van der Waals surface area contributed by atoms with Gasteiger partial charge in [0.15, 0.2) is 0 Å². The van der Waals surface area contributed by atoms with E-state index in [0.29, 0.717) is 18.9 Å². The number of halogens is 3. The largest absolute Gasteiger partial charge is 0.433 e. The predicted molar refractivity (Wildman–Crippen MR) is 73.0 cm³/mol. The van der Waals surface area contributed by atoms with E-state index in [-0.39, 0.29) is 5.95 Å². The fraction of sp³-hybridized carbons (Fsp3) is 0.308. The first-order valence-electron chi connectivity index (χ1n) is 6.27. The van der Waals surface area contributed by atoms with E-state index in [1.807, 2.05) is 25.1 Å². The van der Waals surface area contributed by atoms with Crippen LogP contribution in [0.15, 0.2) is 30.5 Å². The Balaban J connectivity index is 1.84. The highest BCUT2D eigenvalue weighted by Gasteiger charge is 2.32. The number of anilines is 2. The molecule has 2 aromatic rings. The van der Waals surface area contributed by atoms with E-state index >= 15 is 0 Å². The van der Waals surface area contributed by atoms with Crippen molar-refractivity contribution >= 4 is 11.8 Å². The molecule has 2 N–H and O–H groups in total. The van der Waals surface area contributed by atoms with Gasteiger partial charge in [0.2, 0.25) is 5.95 Å². The van der Waals surface area contributed by atoms with Gasteiger partial charge in [0.25, 0.3) is 0 Å². The zero-order chi connectivity index (χ0) is 15.3. The lowest BCUT2D eigenvalue weighted by Crippen LogP contribution is -2.17. The SMILES string of the molecule is Cc1cccc(NCCNc2nccc(C(F)(F)F)n2)n1. The number of rotatable bonds is 5. The first kappa shape index (κ1) is 15.0. The summed E-state index contributed by atoms with van der Waals surface area (Å²) < 4.78 is 37.4. The maximum absolute atomic E-state index is 12.5. The second kappa shape index (κ2) is 6.38. The minimum atomic E-state index is -4.47.